The van der Waals surface area contributed by atoms with Gasteiger partial charge in [-0.15, -0.1) is 11.3 Å². The monoisotopic (exact) mass is 350 g/mol. The summed E-state index contributed by atoms with van der Waals surface area (Å²) in [6, 6.07) is 9.02. The zero-order valence-corrected chi connectivity index (χ0v) is 14.4. The Morgan fingerprint density at radius 2 is 2.17 bits per heavy atom. The third kappa shape index (κ3) is 3.25. The molecule has 122 valence electrons. The first-order valence-corrected chi connectivity index (χ1v) is 9.98. The Bertz CT molecular complexity index is 814. The normalized spacial score (nSPS) is 14.4. The van der Waals surface area contributed by atoms with E-state index in [0.717, 1.165) is 24.1 Å². The number of hydrogen-bond donors (Lipinski definition) is 1. The highest BCUT2D eigenvalue weighted by atomic mass is 32.2. The number of nitrogens with zero attached hydrogens (tertiary/aromatic N) is 1. The van der Waals surface area contributed by atoms with Gasteiger partial charge in [-0.3, -0.25) is 9.10 Å². The molecule has 1 amide bonds. The summed E-state index contributed by atoms with van der Waals surface area (Å²) in [6.07, 6.45) is 1.60. The molecule has 0 saturated heterocycles. The van der Waals surface area contributed by atoms with Crippen LogP contribution in [0.15, 0.2) is 35.7 Å². The molecule has 7 heteroatoms. The SMILES string of the molecule is CCS(=O)(=O)N1CCCc2cc(NC(=O)c3cccs3)ccc21. The van der Waals surface area contributed by atoms with Crippen LogP contribution in [0.25, 0.3) is 0 Å². The van der Waals surface area contributed by atoms with Crippen molar-refractivity contribution >= 4 is 38.6 Å². The highest BCUT2D eigenvalue weighted by Crippen LogP contribution is 2.32. The maximum absolute atomic E-state index is 12.2. The molecule has 2 aromatic rings. The van der Waals surface area contributed by atoms with Crippen molar-refractivity contribution in [1.29, 1.82) is 0 Å². The third-order valence-corrected chi connectivity index (χ3v) is 6.51. The average molecular weight is 350 g/mol. The lowest BCUT2D eigenvalue weighted by Crippen LogP contribution is -2.36. The van der Waals surface area contributed by atoms with E-state index < -0.39 is 10.0 Å². The molecule has 1 aliphatic rings. The fourth-order valence-corrected chi connectivity index (χ4v) is 4.50. The van der Waals surface area contributed by atoms with Crippen LogP contribution in [0.4, 0.5) is 11.4 Å². The van der Waals surface area contributed by atoms with Crippen LogP contribution in [0.3, 0.4) is 0 Å². The van der Waals surface area contributed by atoms with Gasteiger partial charge in [-0.2, -0.15) is 0 Å². The summed E-state index contributed by atoms with van der Waals surface area (Å²) in [7, 11) is -3.26. The molecule has 3 rings (SSSR count). The number of fused-ring (bicyclic) bond motifs is 1. The topological polar surface area (TPSA) is 66.5 Å². The van der Waals surface area contributed by atoms with Gasteiger partial charge in [0.05, 0.1) is 16.3 Å². The Morgan fingerprint density at radius 3 is 2.87 bits per heavy atom. The van der Waals surface area contributed by atoms with Crippen molar-refractivity contribution < 1.29 is 13.2 Å². The smallest absolute Gasteiger partial charge is 0.265 e. The van der Waals surface area contributed by atoms with Gasteiger partial charge in [0, 0.05) is 12.2 Å². The van der Waals surface area contributed by atoms with Crippen LogP contribution >= 0.6 is 11.3 Å². The molecule has 0 unspecified atom stereocenters. The maximum Gasteiger partial charge on any atom is 0.265 e. The molecule has 0 atom stereocenters. The number of aryl methyl sites for hydroxylation is 1. The minimum absolute atomic E-state index is 0.0866. The Balaban J connectivity index is 1.86. The Kier molecular flexibility index (Phi) is 4.41. The number of anilines is 2. The van der Waals surface area contributed by atoms with Gasteiger partial charge < -0.3 is 5.32 Å². The molecular formula is C16H18N2O3S2. The van der Waals surface area contributed by atoms with Crippen LogP contribution in [-0.2, 0) is 16.4 Å². The van der Waals surface area contributed by atoms with Crippen molar-refractivity contribution in [2.45, 2.75) is 19.8 Å². The van der Waals surface area contributed by atoms with Crippen molar-refractivity contribution in [3.8, 4) is 0 Å². The summed E-state index contributed by atoms with van der Waals surface area (Å²) in [5.41, 5.74) is 2.38. The number of sulfonamides is 1. The van der Waals surface area contributed by atoms with E-state index >= 15 is 0 Å². The molecule has 23 heavy (non-hydrogen) atoms. The van der Waals surface area contributed by atoms with E-state index in [0.29, 0.717) is 17.1 Å². The number of benzene rings is 1. The minimum Gasteiger partial charge on any atom is -0.321 e. The van der Waals surface area contributed by atoms with Crippen LogP contribution in [0, 0.1) is 0 Å². The molecule has 1 aromatic heterocycles. The molecule has 0 fully saturated rings. The van der Waals surface area contributed by atoms with Crippen LogP contribution in [-0.4, -0.2) is 26.6 Å². The first kappa shape index (κ1) is 16.0. The molecule has 5 nitrogen and oxygen atoms in total. The minimum atomic E-state index is -3.26. The predicted octanol–water partition coefficient (Wildman–Crippen LogP) is 3.10. The first-order valence-electron chi connectivity index (χ1n) is 7.49. The van der Waals surface area contributed by atoms with Gasteiger partial charge in [0.1, 0.15) is 0 Å². The van der Waals surface area contributed by atoms with Crippen LogP contribution in [0.2, 0.25) is 0 Å². The second-order valence-electron chi connectivity index (χ2n) is 5.35. The lowest BCUT2D eigenvalue weighted by atomic mass is 10.0. The lowest BCUT2D eigenvalue weighted by Gasteiger charge is -2.30. The number of amides is 1. The average Bonchev–Trinajstić information content (AvgIpc) is 3.08. The number of thiophene rings is 1. The largest absolute Gasteiger partial charge is 0.321 e. The number of nitrogens with one attached hydrogen (secondary N) is 1. The molecule has 2 heterocycles. The molecular weight excluding hydrogens is 332 g/mol. The molecule has 0 bridgehead atoms. The fourth-order valence-electron chi connectivity index (χ4n) is 2.69. The number of rotatable bonds is 4. The highest BCUT2D eigenvalue weighted by molar-refractivity contribution is 7.92. The van der Waals surface area contributed by atoms with Crippen molar-refractivity contribution in [3.63, 3.8) is 0 Å². The first-order chi connectivity index (χ1) is 11.0. The Labute approximate surface area is 140 Å². The Hall–Kier alpha value is -1.86. The van der Waals surface area contributed by atoms with Gasteiger partial charge in [-0.25, -0.2) is 8.42 Å². The molecule has 1 aliphatic heterocycles. The van der Waals surface area contributed by atoms with Crippen molar-refractivity contribution in [2.75, 3.05) is 21.9 Å². The highest BCUT2D eigenvalue weighted by Gasteiger charge is 2.26. The quantitative estimate of drug-likeness (QED) is 0.921. The van der Waals surface area contributed by atoms with Gasteiger partial charge in [0.15, 0.2) is 0 Å². The third-order valence-electron chi connectivity index (χ3n) is 3.86. The standard InChI is InChI=1S/C16H18N2O3S2/c1-2-23(20,21)18-9-3-5-12-11-13(7-8-14(12)18)17-16(19)15-6-4-10-22-15/h4,6-8,10-11H,2-3,5,9H2,1H3,(H,17,19). The summed E-state index contributed by atoms with van der Waals surface area (Å²) >= 11 is 1.39. The molecule has 1 N–H and O–H groups in total. The second-order valence-corrected chi connectivity index (χ2v) is 8.48. The number of carbonyl (C=O) groups excluding carboxylic acids is 1. The summed E-state index contributed by atoms with van der Waals surface area (Å²) in [4.78, 5) is 12.8. The number of hydrogen-bond acceptors (Lipinski definition) is 4. The van der Waals surface area contributed by atoms with Gasteiger partial charge in [0.2, 0.25) is 10.0 Å². The van der Waals surface area contributed by atoms with E-state index in [1.165, 1.54) is 15.6 Å². The zero-order valence-electron chi connectivity index (χ0n) is 12.8. The lowest BCUT2D eigenvalue weighted by molar-refractivity contribution is 0.103. The number of carbonyl (C=O) groups is 1. The van der Waals surface area contributed by atoms with Crippen LogP contribution < -0.4 is 9.62 Å². The second kappa shape index (κ2) is 6.33. The van der Waals surface area contributed by atoms with E-state index in [9.17, 15) is 13.2 Å². The summed E-state index contributed by atoms with van der Waals surface area (Å²) in [6.45, 7) is 2.17. The van der Waals surface area contributed by atoms with E-state index in [4.69, 9.17) is 0 Å². The van der Waals surface area contributed by atoms with E-state index in [2.05, 4.69) is 5.32 Å². The Morgan fingerprint density at radius 1 is 1.35 bits per heavy atom. The summed E-state index contributed by atoms with van der Waals surface area (Å²) in [5.74, 6) is -0.0580. The molecule has 1 aromatic carbocycles. The molecule has 0 spiro atoms. The maximum atomic E-state index is 12.2. The van der Waals surface area contributed by atoms with Crippen molar-refractivity contribution in [3.05, 3.63) is 46.2 Å². The van der Waals surface area contributed by atoms with Crippen molar-refractivity contribution in [2.24, 2.45) is 0 Å². The van der Waals surface area contributed by atoms with Gasteiger partial charge in [0.25, 0.3) is 5.91 Å². The van der Waals surface area contributed by atoms with Crippen LogP contribution in [0.1, 0.15) is 28.6 Å². The zero-order chi connectivity index (χ0) is 16.4. The van der Waals surface area contributed by atoms with Gasteiger partial charge >= 0.3 is 0 Å². The van der Waals surface area contributed by atoms with Gasteiger partial charge in [-0.05, 0) is 55.0 Å². The molecule has 0 saturated carbocycles. The van der Waals surface area contributed by atoms with Crippen LogP contribution in [0.5, 0.6) is 0 Å². The van der Waals surface area contributed by atoms with E-state index in [-0.39, 0.29) is 11.7 Å². The predicted molar refractivity (Wildman–Crippen MR) is 93.8 cm³/mol. The van der Waals surface area contributed by atoms with E-state index in [1.807, 2.05) is 17.5 Å². The molecule has 0 radical (unpaired) electrons. The van der Waals surface area contributed by atoms with Gasteiger partial charge in [-0.1, -0.05) is 6.07 Å². The van der Waals surface area contributed by atoms with Crippen molar-refractivity contribution in [1.82, 2.24) is 0 Å². The fraction of sp³-hybridized carbons (Fsp3) is 0.312. The van der Waals surface area contributed by atoms with E-state index in [1.54, 1.807) is 25.1 Å². The molecule has 0 aliphatic carbocycles. The summed E-state index contributed by atoms with van der Waals surface area (Å²) < 4.78 is 25.9. The summed E-state index contributed by atoms with van der Waals surface area (Å²) in [5, 5.41) is 4.72.